The summed E-state index contributed by atoms with van der Waals surface area (Å²) in [5.41, 5.74) is 4.14. The molecule has 2 heterocycles. The lowest BCUT2D eigenvalue weighted by Crippen LogP contribution is -2.34. The molecule has 1 amide bonds. The molecule has 0 saturated carbocycles. The molecule has 0 aliphatic carbocycles. The molecule has 0 atom stereocenters. The largest absolute Gasteiger partial charge is 0.335 e. The van der Waals surface area contributed by atoms with Crippen LogP contribution in [0.3, 0.4) is 0 Å². The highest BCUT2D eigenvalue weighted by atomic mass is 16.2. The Labute approximate surface area is 146 Å². The highest BCUT2D eigenvalue weighted by Crippen LogP contribution is 2.23. The average molecular weight is 330 g/mol. The number of carbonyl (C=O) groups is 1. The van der Waals surface area contributed by atoms with Gasteiger partial charge in [-0.2, -0.15) is 5.10 Å². The topological polar surface area (TPSA) is 51.0 Å². The molecule has 0 unspecified atom stereocenters. The maximum Gasteiger partial charge on any atom is 0.254 e. The first-order valence-corrected chi connectivity index (χ1v) is 8.30. The van der Waals surface area contributed by atoms with Crippen molar-refractivity contribution < 1.29 is 4.79 Å². The second-order valence-electron chi connectivity index (χ2n) is 5.98. The summed E-state index contributed by atoms with van der Waals surface area (Å²) in [5, 5.41) is 4.09. The van der Waals surface area contributed by atoms with E-state index in [1.807, 2.05) is 47.4 Å². The maximum atomic E-state index is 12.7. The van der Waals surface area contributed by atoms with Crippen LogP contribution in [0.2, 0.25) is 0 Å². The van der Waals surface area contributed by atoms with Gasteiger partial charge < -0.3 is 4.90 Å². The minimum Gasteiger partial charge on any atom is -0.335 e. The molecule has 5 nitrogen and oxygen atoms in total. The van der Waals surface area contributed by atoms with Gasteiger partial charge in [-0.05, 0) is 41.8 Å². The molecule has 3 aromatic rings. The first kappa shape index (κ1) is 15.3. The zero-order valence-electron chi connectivity index (χ0n) is 13.7. The molecule has 5 heteroatoms. The zero-order valence-corrected chi connectivity index (χ0v) is 13.7. The number of carbonyl (C=O) groups excluding carboxylic acids is 1. The van der Waals surface area contributed by atoms with E-state index < -0.39 is 0 Å². The minimum atomic E-state index is 0.0634. The number of rotatable bonds is 3. The molecular formula is C20H18N4O. The highest BCUT2D eigenvalue weighted by molar-refractivity contribution is 5.95. The van der Waals surface area contributed by atoms with Crippen LogP contribution in [-0.4, -0.2) is 38.7 Å². The molecule has 0 bridgehead atoms. The predicted octanol–water partition coefficient (Wildman–Crippen LogP) is 3.20. The third-order valence-corrected chi connectivity index (χ3v) is 4.44. The number of hydrogen-bond acceptors (Lipinski definition) is 3. The summed E-state index contributed by atoms with van der Waals surface area (Å²) in [5.74, 6) is 0.0634. The van der Waals surface area contributed by atoms with E-state index in [-0.39, 0.29) is 5.91 Å². The van der Waals surface area contributed by atoms with Gasteiger partial charge in [0.2, 0.25) is 0 Å². The summed E-state index contributed by atoms with van der Waals surface area (Å²) in [6.45, 7) is 1.39. The Morgan fingerprint density at radius 2 is 1.80 bits per heavy atom. The van der Waals surface area contributed by atoms with E-state index in [9.17, 15) is 4.79 Å². The van der Waals surface area contributed by atoms with Crippen molar-refractivity contribution in [2.75, 3.05) is 13.1 Å². The normalized spacial score (nSPS) is 14.2. The van der Waals surface area contributed by atoms with Crippen molar-refractivity contribution in [3.63, 3.8) is 0 Å². The van der Waals surface area contributed by atoms with E-state index in [4.69, 9.17) is 0 Å². The van der Waals surface area contributed by atoms with Gasteiger partial charge in [-0.3, -0.25) is 4.79 Å². The molecule has 2 aromatic carbocycles. The Morgan fingerprint density at radius 3 is 2.44 bits per heavy atom. The van der Waals surface area contributed by atoms with Gasteiger partial charge in [0.05, 0.1) is 5.69 Å². The lowest BCUT2D eigenvalue weighted by atomic mass is 9.99. The average Bonchev–Trinajstić information content (AvgIpc) is 3.23. The molecule has 124 valence electrons. The van der Waals surface area contributed by atoms with Crippen LogP contribution >= 0.6 is 0 Å². The van der Waals surface area contributed by atoms with E-state index >= 15 is 0 Å². The van der Waals surface area contributed by atoms with Gasteiger partial charge in [0.25, 0.3) is 5.91 Å². The third-order valence-electron chi connectivity index (χ3n) is 4.44. The Balaban J connectivity index is 1.46. The quantitative estimate of drug-likeness (QED) is 0.741. The van der Waals surface area contributed by atoms with E-state index in [0.717, 1.165) is 18.7 Å². The summed E-state index contributed by atoms with van der Waals surface area (Å²) in [4.78, 5) is 18.5. The Hall–Kier alpha value is -3.21. The monoisotopic (exact) mass is 330 g/mol. The molecule has 1 aromatic heterocycles. The molecule has 0 fully saturated rings. The molecule has 25 heavy (non-hydrogen) atoms. The number of nitrogens with zero attached hydrogens (tertiary/aromatic N) is 4. The smallest absolute Gasteiger partial charge is 0.254 e. The third kappa shape index (κ3) is 3.21. The lowest BCUT2D eigenvalue weighted by molar-refractivity contribution is 0.0773. The number of benzene rings is 2. The summed E-state index contributed by atoms with van der Waals surface area (Å²) in [6.07, 6.45) is 6.16. The standard InChI is InChI=1S/C20H18N4O/c25-20(18-6-8-19(9-7-18)24-15-21-14-22-24)23-12-10-17(11-13-23)16-4-2-1-3-5-16/h1-10,14-15H,11-13H2. The van der Waals surface area contributed by atoms with Crippen molar-refractivity contribution in [1.29, 1.82) is 0 Å². The first-order chi connectivity index (χ1) is 12.3. The molecular weight excluding hydrogens is 312 g/mol. The SMILES string of the molecule is O=C(c1ccc(-n2cncn2)cc1)N1CC=C(c2ccccc2)CC1. The van der Waals surface area contributed by atoms with Crippen LogP contribution in [-0.2, 0) is 0 Å². The van der Waals surface area contributed by atoms with E-state index in [1.165, 1.54) is 17.5 Å². The molecule has 0 radical (unpaired) electrons. The number of hydrogen-bond donors (Lipinski definition) is 0. The fraction of sp³-hybridized carbons (Fsp3) is 0.150. The summed E-state index contributed by atoms with van der Waals surface area (Å²) in [6, 6.07) is 17.8. The maximum absolute atomic E-state index is 12.7. The van der Waals surface area contributed by atoms with Crippen LogP contribution in [0.15, 0.2) is 73.3 Å². The Morgan fingerprint density at radius 1 is 1.00 bits per heavy atom. The van der Waals surface area contributed by atoms with Crippen LogP contribution < -0.4 is 0 Å². The van der Waals surface area contributed by atoms with Crippen molar-refractivity contribution in [3.05, 3.63) is 84.5 Å². The van der Waals surface area contributed by atoms with E-state index in [2.05, 4.69) is 28.3 Å². The molecule has 1 aliphatic rings. The fourth-order valence-corrected chi connectivity index (χ4v) is 3.05. The minimum absolute atomic E-state index is 0.0634. The number of amides is 1. The van der Waals surface area contributed by atoms with Crippen molar-refractivity contribution in [2.24, 2.45) is 0 Å². The van der Waals surface area contributed by atoms with Gasteiger partial charge in [0.15, 0.2) is 0 Å². The zero-order chi connectivity index (χ0) is 17.1. The van der Waals surface area contributed by atoms with Crippen LogP contribution in [0.4, 0.5) is 0 Å². The Bertz CT molecular complexity index is 883. The molecule has 4 rings (SSSR count). The Kier molecular flexibility index (Phi) is 4.12. The number of aromatic nitrogens is 3. The van der Waals surface area contributed by atoms with Gasteiger partial charge in [-0.15, -0.1) is 0 Å². The summed E-state index contributed by atoms with van der Waals surface area (Å²) >= 11 is 0. The van der Waals surface area contributed by atoms with E-state index in [0.29, 0.717) is 12.1 Å². The van der Waals surface area contributed by atoms with Gasteiger partial charge in [-0.1, -0.05) is 36.4 Å². The van der Waals surface area contributed by atoms with Gasteiger partial charge in [-0.25, -0.2) is 9.67 Å². The first-order valence-electron chi connectivity index (χ1n) is 8.30. The van der Waals surface area contributed by atoms with Crippen LogP contribution in [0.25, 0.3) is 11.3 Å². The fourth-order valence-electron chi connectivity index (χ4n) is 3.05. The molecule has 1 aliphatic heterocycles. The van der Waals surface area contributed by atoms with Gasteiger partial charge in [0, 0.05) is 18.7 Å². The lowest BCUT2D eigenvalue weighted by Gasteiger charge is -2.27. The van der Waals surface area contributed by atoms with Crippen molar-refractivity contribution in [2.45, 2.75) is 6.42 Å². The molecule has 0 saturated heterocycles. The van der Waals surface area contributed by atoms with Crippen LogP contribution in [0, 0.1) is 0 Å². The molecule has 0 spiro atoms. The van der Waals surface area contributed by atoms with Gasteiger partial charge in [0.1, 0.15) is 12.7 Å². The van der Waals surface area contributed by atoms with Crippen molar-refractivity contribution in [1.82, 2.24) is 19.7 Å². The second kappa shape index (κ2) is 6.73. The molecule has 0 N–H and O–H groups in total. The van der Waals surface area contributed by atoms with Crippen molar-refractivity contribution >= 4 is 11.5 Å². The van der Waals surface area contributed by atoms with Gasteiger partial charge >= 0.3 is 0 Å². The second-order valence-corrected chi connectivity index (χ2v) is 5.98. The van der Waals surface area contributed by atoms with Crippen molar-refractivity contribution in [3.8, 4) is 5.69 Å². The predicted molar refractivity (Wildman–Crippen MR) is 96.3 cm³/mol. The van der Waals surface area contributed by atoms with Crippen LogP contribution in [0.1, 0.15) is 22.3 Å². The highest BCUT2D eigenvalue weighted by Gasteiger charge is 2.19. The summed E-state index contributed by atoms with van der Waals surface area (Å²) < 4.78 is 1.67. The van der Waals surface area contributed by atoms with E-state index in [1.54, 1.807) is 11.0 Å². The summed E-state index contributed by atoms with van der Waals surface area (Å²) in [7, 11) is 0. The van der Waals surface area contributed by atoms with Crippen LogP contribution in [0.5, 0.6) is 0 Å².